The molecule has 0 heterocycles. The van der Waals surface area contributed by atoms with Crippen LogP contribution in [0.2, 0.25) is 0 Å². The molecule has 0 aromatic carbocycles. The van der Waals surface area contributed by atoms with Crippen LogP contribution in [0, 0.1) is 5.92 Å². The summed E-state index contributed by atoms with van der Waals surface area (Å²) in [6, 6.07) is 0. The number of aliphatic hydroxyl groups excluding tert-OH is 1. The molecule has 0 aliphatic carbocycles. The van der Waals surface area contributed by atoms with Crippen molar-refractivity contribution in [1.82, 2.24) is 4.90 Å². The van der Waals surface area contributed by atoms with Gasteiger partial charge in [0.1, 0.15) is 0 Å². The van der Waals surface area contributed by atoms with Crippen molar-refractivity contribution in [1.29, 1.82) is 0 Å². The second-order valence-corrected chi connectivity index (χ2v) is 3.70. The number of nitrogens with zero attached hydrogens (tertiary/aromatic N) is 1. The lowest BCUT2D eigenvalue weighted by molar-refractivity contribution is -0.207. The highest BCUT2D eigenvalue weighted by atomic mass is 19.4. The Bertz CT molecular complexity index is 233. The molecule has 0 rings (SSSR count). The molecule has 0 bridgehead atoms. The molecular weight excluding hydrogens is 227 g/mol. The molecule has 0 aromatic rings. The van der Waals surface area contributed by atoms with Crippen LogP contribution >= 0.6 is 0 Å². The number of hydrogen-bond acceptors (Lipinski definition) is 4. The second kappa shape index (κ2) is 6.05. The van der Waals surface area contributed by atoms with Gasteiger partial charge >= 0.3 is 12.1 Å². The van der Waals surface area contributed by atoms with E-state index in [2.05, 4.69) is 4.74 Å². The molecule has 16 heavy (non-hydrogen) atoms. The summed E-state index contributed by atoms with van der Waals surface area (Å²) < 4.78 is 40.4. The molecule has 7 heteroatoms. The molecule has 96 valence electrons. The number of carbonyl (C=O) groups excluding carboxylic acids is 1. The zero-order valence-corrected chi connectivity index (χ0v) is 9.41. The topological polar surface area (TPSA) is 49.8 Å². The molecular formula is C9H16F3NO3. The van der Waals surface area contributed by atoms with Crippen molar-refractivity contribution in [3.63, 3.8) is 0 Å². The van der Waals surface area contributed by atoms with Gasteiger partial charge in [-0.25, -0.2) is 0 Å². The highest BCUT2D eigenvalue weighted by molar-refractivity contribution is 5.71. The van der Waals surface area contributed by atoms with Gasteiger partial charge in [0, 0.05) is 13.1 Å². The van der Waals surface area contributed by atoms with Gasteiger partial charge in [-0.1, -0.05) is 6.92 Å². The van der Waals surface area contributed by atoms with Gasteiger partial charge < -0.3 is 14.7 Å². The maximum absolute atomic E-state index is 12.0. The second-order valence-electron chi connectivity index (χ2n) is 3.70. The molecule has 0 aliphatic heterocycles. The van der Waals surface area contributed by atoms with Crippen LogP contribution in [0.5, 0.6) is 0 Å². The van der Waals surface area contributed by atoms with E-state index in [9.17, 15) is 18.0 Å². The Morgan fingerprint density at radius 3 is 2.31 bits per heavy atom. The largest absolute Gasteiger partial charge is 0.469 e. The quantitative estimate of drug-likeness (QED) is 0.720. The molecule has 0 fully saturated rings. The van der Waals surface area contributed by atoms with E-state index >= 15 is 0 Å². The van der Waals surface area contributed by atoms with Gasteiger partial charge in [0.05, 0.1) is 13.0 Å². The molecule has 1 N–H and O–H groups in total. The van der Waals surface area contributed by atoms with E-state index in [1.54, 1.807) is 6.92 Å². The van der Waals surface area contributed by atoms with Crippen molar-refractivity contribution in [3.8, 4) is 0 Å². The smallest absolute Gasteiger partial charge is 0.415 e. The van der Waals surface area contributed by atoms with Crippen molar-refractivity contribution < 1.29 is 27.8 Å². The van der Waals surface area contributed by atoms with Crippen LogP contribution in [0.25, 0.3) is 0 Å². The maximum Gasteiger partial charge on any atom is 0.415 e. The minimum absolute atomic E-state index is 0.0970. The number of carbonyl (C=O) groups is 1. The molecule has 2 unspecified atom stereocenters. The molecule has 0 aliphatic rings. The lowest BCUT2D eigenvalue weighted by atomic mass is 10.1. The fourth-order valence-corrected chi connectivity index (χ4v) is 1.22. The first kappa shape index (κ1) is 15.2. The van der Waals surface area contributed by atoms with Gasteiger partial charge in [-0.05, 0) is 7.05 Å². The monoisotopic (exact) mass is 243 g/mol. The Morgan fingerprint density at radius 1 is 1.44 bits per heavy atom. The summed E-state index contributed by atoms with van der Waals surface area (Å²) in [6.45, 7) is 1.08. The Balaban J connectivity index is 4.09. The third-order valence-electron chi connectivity index (χ3n) is 2.05. The summed E-state index contributed by atoms with van der Waals surface area (Å²) >= 11 is 0. The number of rotatable bonds is 5. The summed E-state index contributed by atoms with van der Waals surface area (Å²) in [5.74, 6) is -1.02. The Kier molecular flexibility index (Phi) is 5.74. The lowest BCUT2D eigenvalue weighted by Gasteiger charge is -2.23. The van der Waals surface area contributed by atoms with E-state index in [1.807, 2.05) is 0 Å². The number of aliphatic hydroxyl groups is 1. The van der Waals surface area contributed by atoms with E-state index in [0.29, 0.717) is 0 Å². The first-order valence-electron chi connectivity index (χ1n) is 4.69. The SMILES string of the molecule is COC(=O)C(C)CN(C)CC(O)C(F)(F)F. The third-order valence-corrected chi connectivity index (χ3v) is 2.05. The molecule has 0 amide bonds. The van der Waals surface area contributed by atoms with Crippen LogP contribution in [-0.4, -0.2) is 55.5 Å². The molecule has 0 saturated heterocycles. The molecule has 0 saturated carbocycles. The van der Waals surface area contributed by atoms with Gasteiger partial charge in [0.25, 0.3) is 0 Å². The van der Waals surface area contributed by atoms with Crippen LogP contribution < -0.4 is 0 Å². The number of methoxy groups -OCH3 is 1. The highest BCUT2D eigenvalue weighted by Crippen LogP contribution is 2.20. The van der Waals surface area contributed by atoms with Crippen molar-refractivity contribution in [2.45, 2.75) is 19.2 Å². The first-order chi connectivity index (χ1) is 7.18. The average Bonchev–Trinajstić information content (AvgIpc) is 2.14. The number of halogens is 3. The van der Waals surface area contributed by atoms with E-state index < -0.39 is 30.7 Å². The van der Waals surface area contributed by atoms with Crippen molar-refractivity contribution in [2.75, 3.05) is 27.2 Å². The Morgan fingerprint density at radius 2 is 1.94 bits per heavy atom. The summed E-state index contributed by atoms with van der Waals surface area (Å²) in [5.41, 5.74) is 0. The van der Waals surface area contributed by atoms with Gasteiger partial charge in [0.2, 0.25) is 0 Å². The fourth-order valence-electron chi connectivity index (χ4n) is 1.22. The molecule has 0 spiro atoms. The highest BCUT2D eigenvalue weighted by Gasteiger charge is 2.38. The third kappa shape index (κ3) is 5.32. The number of alkyl halides is 3. The van der Waals surface area contributed by atoms with Gasteiger partial charge in [-0.15, -0.1) is 0 Å². The zero-order valence-electron chi connectivity index (χ0n) is 9.41. The van der Waals surface area contributed by atoms with Gasteiger partial charge in [0.15, 0.2) is 6.10 Å². The Labute approximate surface area is 92.0 Å². The Hall–Kier alpha value is -0.820. The van der Waals surface area contributed by atoms with Gasteiger partial charge in [-0.2, -0.15) is 13.2 Å². The van der Waals surface area contributed by atoms with Crippen LogP contribution in [0.1, 0.15) is 6.92 Å². The standard InChI is InChI=1S/C9H16F3NO3/c1-6(8(15)16-3)4-13(2)5-7(14)9(10,11)12/h6-7,14H,4-5H2,1-3H3. The van der Waals surface area contributed by atoms with E-state index in [-0.39, 0.29) is 6.54 Å². The summed E-state index contributed by atoms with van der Waals surface area (Å²) in [7, 11) is 2.61. The summed E-state index contributed by atoms with van der Waals surface area (Å²) in [5, 5.41) is 8.78. The molecule has 4 nitrogen and oxygen atoms in total. The minimum Gasteiger partial charge on any atom is -0.469 e. The number of esters is 1. The van der Waals surface area contributed by atoms with Crippen molar-refractivity contribution in [3.05, 3.63) is 0 Å². The average molecular weight is 243 g/mol. The van der Waals surface area contributed by atoms with Crippen LogP contribution in [0.4, 0.5) is 13.2 Å². The van der Waals surface area contributed by atoms with Crippen molar-refractivity contribution >= 4 is 5.97 Å². The number of hydrogen-bond donors (Lipinski definition) is 1. The van der Waals surface area contributed by atoms with Crippen LogP contribution in [0.3, 0.4) is 0 Å². The van der Waals surface area contributed by atoms with Gasteiger partial charge in [-0.3, -0.25) is 4.79 Å². The predicted octanol–water partition coefficient (Wildman–Crippen LogP) is 0.650. The summed E-state index contributed by atoms with van der Waals surface area (Å²) in [4.78, 5) is 12.2. The maximum atomic E-state index is 12.0. The fraction of sp³-hybridized carbons (Fsp3) is 0.889. The predicted molar refractivity (Wildman–Crippen MR) is 50.7 cm³/mol. The normalized spacial score (nSPS) is 16.0. The lowest BCUT2D eigenvalue weighted by Crippen LogP contribution is -2.41. The number of ether oxygens (including phenoxy) is 1. The van der Waals surface area contributed by atoms with E-state index in [4.69, 9.17) is 5.11 Å². The number of likely N-dealkylation sites (N-methyl/N-ethyl adjacent to an activating group) is 1. The molecule has 0 aromatic heterocycles. The van der Waals surface area contributed by atoms with Crippen molar-refractivity contribution in [2.24, 2.45) is 5.92 Å². The van der Waals surface area contributed by atoms with Crippen LogP contribution in [0.15, 0.2) is 0 Å². The molecule has 2 atom stereocenters. The summed E-state index contributed by atoms with van der Waals surface area (Å²) in [6.07, 6.45) is -7.04. The zero-order chi connectivity index (χ0) is 12.9. The van der Waals surface area contributed by atoms with E-state index in [1.165, 1.54) is 19.1 Å². The first-order valence-corrected chi connectivity index (χ1v) is 4.69. The van der Waals surface area contributed by atoms with Crippen LogP contribution in [-0.2, 0) is 9.53 Å². The minimum atomic E-state index is -4.64. The molecule has 0 radical (unpaired) electrons. The van der Waals surface area contributed by atoms with E-state index in [0.717, 1.165) is 0 Å².